The fraction of sp³-hybridized carbons (Fsp3) is 0.0833. The molecule has 0 amide bonds. The standard InChI is InChI=1S/C12H11BrN4O/c1-8-3-2-4-9(5-8)6-14-16-10-7-15-17-12(18)11(10)13/h2-7H,1H3,(H2,16,17,18)/b14-6-. The maximum Gasteiger partial charge on any atom is 0.280 e. The van der Waals surface area contributed by atoms with Gasteiger partial charge in [-0.05, 0) is 28.4 Å². The lowest BCUT2D eigenvalue weighted by atomic mass is 10.2. The summed E-state index contributed by atoms with van der Waals surface area (Å²) in [5.74, 6) is 0. The van der Waals surface area contributed by atoms with Crippen molar-refractivity contribution in [1.82, 2.24) is 10.2 Å². The zero-order chi connectivity index (χ0) is 13.0. The Kier molecular flexibility index (Phi) is 3.88. The highest BCUT2D eigenvalue weighted by molar-refractivity contribution is 9.10. The second-order valence-electron chi connectivity index (χ2n) is 3.71. The Morgan fingerprint density at radius 3 is 3.11 bits per heavy atom. The van der Waals surface area contributed by atoms with Crippen LogP contribution in [0.2, 0.25) is 0 Å². The molecule has 0 bridgehead atoms. The molecule has 0 atom stereocenters. The van der Waals surface area contributed by atoms with E-state index in [9.17, 15) is 4.79 Å². The van der Waals surface area contributed by atoms with Gasteiger partial charge in [-0.2, -0.15) is 10.2 Å². The average molecular weight is 307 g/mol. The second-order valence-corrected chi connectivity index (χ2v) is 4.50. The predicted molar refractivity (Wildman–Crippen MR) is 75.0 cm³/mol. The van der Waals surface area contributed by atoms with Gasteiger partial charge in [-0.15, -0.1) is 0 Å². The predicted octanol–water partition coefficient (Wildman–Crippen LogP) is 2.29. The lowest BCUT2D eigenvalue weighted by Crippen LogP contribution is -2.10. The molecule has 1 heterocycles. The van der Waals surface area contributed by atoms with E-state index < -0.39 is 0 Å². The smallest absolute Gasteiger partial charge is 0.275 e. The first-order valence-corrected chi connectivity index (χ1v) is 6.05. The molecule has 5 nitrogen and oxygen atoms in total. The lowest BCUT2D eigenvalue weighted by Gasteiger charge is -2.01. The molecule has 92 valence electrons. The van der Waals surface area contributed by atoms with Crippen molar-refractivity contribution in [1.29, 1.82) is 0 Å². The molecular weight excluding hydrogens is 296 g/mol. The van der Waals surface area contributed by atoms with Crippen molar-refractivity contribution >= 4 is 27.8 Å². The third-order valence-electron chi connectivity index (χ3n) is 2.24. The highest BCUT2D eigenvalue weighted by atomic mass is 79.9. The summed E-state index contributed by atoms with van der Waals surface area (Å²) in [6, 6.07) is 7.93. The number of hydrazone groups is 1. The number of benzene rings is 1. The van der Waals surface area contributed by atoms with Crippen molar-refractivity contribution in [2.45, 2.75) is 6.92 Å². The number of aromatic amines is 1. The van der Waals surface area contributed by atoms with Crippen LogP contribution in [0.4, 0.5) is 5.69 Å². The van der Waals surface area contributed by atoms with Crippen LogP contribution in [0.25, 0.3) is 0 Å². The first kappa shape index (κ1) is 12.5. The Hall–Kier alpha value is -1.95. The highest BCUT2D eigenvalue weighted by Crippen LogP contribution is 2.14. The van der Waals surface area contributed by atoms with Crippen LogP contribution < -0.4 is 11.0 Å². The molecule has 0 aliphatic carbocycles. The third-order valence-corrected chi connectivity index (χ3v) is 3.02. The van der Waals surface area contributed by atoms with Gasteiger partial charge in [0.05, 0.1) is 18.1 Å². The summed E-state index contributed by atoms with van der Waals surface area (Å²) in [6.07, 6.45) is 3.17. The molecule has 2 rings (SSSR count). The largest absolute Gasteiger partial charge is 0.280 e. The van der Waals surface area contributed by atoms with E-state index in [0.717, 1.165) is 11.1 Å². The summed E-state index contributed by atoms with van der Waals surface area (Å²) in [7, 11) is 0. The Labute approximate surface area is 112 Å². The minimum Gasteiger partial charge on any atom is -0.275 e. The van der Waals surface area contributed by atoms with Crippen molar-refractivity contribution < 1.29 is 0 Å². The SMILES string of the molecule is Cc1cccc(/C=N\Nc2cn[nH]c(=O)c2Br)c1. The summed E-state index contributed by atoms with van der Waals surface area (Å²) >= 11 is 3.16. The molecule has 18 heavy (non-hydrogen) atoms. The van der Waals surface area contributed by atoms with E-state index in [1.807, 2.05) is 31.2 Å². The van der Waals surface area contributed by atoms with Gasteiger partial charge < -0.3 is 0 Å². The molecule has 0 fully saturated rings. The van der Waals surface area contributed by atoms with E-state index in [1.165, 1.54) is 6.20 Å². The van der Waals surface area contributed by atoms with Crippen molar-refractivity contribution in [3.63, 3.8) is 0 Å². The summed E-state index contributed by atoms with van der Waals surface area (Å²) in [5, 5.41) is 10.0. The number of hydrogen-bond donors (Lipinski definition) is 2. The minimum atomic E-state index is -0.300. The Morgan fingerprint density at radius 2 is 2.33 bits per heavy atom. The van der Waals surface area contributed by atoms with Gasteiger partial charge in [0.15, 0.2) is 0 Å². The van der Waals surface area contributed by atoms with E-state index >= 15 is 0 Å². The quantitative estimate of drug-likeness (QED) is 0.675. The van der Waals surface area contributed by atoms with E-state index in [1.54, 1.807) is 6.21 Å². The van der Waals surface area contributed by atoms with E-state index in [-0.39, 0.29) is 5.56 Å². The number of rotatable bonds is 3. The van der Waals surface area contributed by atoms with Gasteiger partial charge in [-0.25, -0.2) is 5.10 Å². The number of H-pyrrole nitrogens is 1. The van der Waals surface area contributed by atoms with Crippen LogP contribution in [-0.4, -0.2) is 16.4 Å². The first-order valence-electron chi connectivity index (χ1n) is 5.26. The maximum atomic E-state index is 11.3. The fourth-order valence-corrected chi connectivity index (χ4v) is 1.67. The van der Waals surface area contributed by atoms with Gasteiger partial charge in [0.2, 0.25) is 0 Å². The lowest BCUT2D eigenvalue weighted by molar-refractivity contribution is 0.977. The monoisotopic (exact) mass is 306 g/mol. The zero-order valence-electron chi connectivity index (χ0n) is 9.64. The maximum absolute atomic E-state index is 11.3. The molecule has 0 saturated heterocycles. The number of anilines is 1. The number of nitrogens with zero attached hydrogens (tertiary/aromatic N) is 2. The van der Waals surface area contributed by atoms with Gasteiger partial charge in [0.25, 0.3) is 5.56 Å². The van der Waals surface area contributed by atoms with Gasteiger partial charge in [0, 0.05) is 0 Å². The van der Waals surface area contributed by atoms with Gasteiger partial charge in [-0.1, -0.05) is 29.8 Å². The van der Waals surface area contributed by atoms with Crippen LogP contribution in [0.5, 0.6) is 0 Å². The highest BCUT2D eigenvalue weighted by Gasteiger charge is 2.02. The van der Waals surface area contributed by atoms with Crippen LogP contribution in [0.15, 0.2) is 44.8 Å². The van der Waals surface area contributed by atoms with E-state index in [2.05, 4.69) is 36.7 Å². The van der Waals surface area contributed by atoms with E-state index in [4.69, 9.17) is 0 Å². The van der Waals surface area contributed by atoms with Crippen LogP contribution >= 0.6 is 15.9 Å². The van der Waals surface area contributed by atoms with Crippen molar-refractivity contribution in [3.05, 3.63) is 56.4 Å². The molecule has 0 saturated carbocycles. The van der Waals surface area contributed by atoms with E-state index in [0.29, 0.717) is 10.2 Å². The topological polar surface area (TPSA) is 70.1 Å². The van der Waals surface area contributed by atoms with Gasteiger partial charge >= 0.3 is 0 Å². The van der Waals surface area contributed by atoms with Crippen molar-refractivity contribution in [2.75, 3.05) is 5.43 Å². The molecule has 0 spiro atoms. The number of aromatic nitrogens is 2. The Balaban J connectivity index is 2.12. The van der Waals surface area contributed by atoms with Crippen LogP contribution in [-0.2, 0) is 0 Å². The number of aryl methyl sites for hydroxylation is 1. The molecule has 1 aromatic carbocycles. The molecule has 0 radical (unpaired) electrons. The van der Waals surface area contributed by atoms with Crippen molar-refractivity contribution in [2.24, 2.45) is 5.10 Å². The Bertz CT molecular complexity index is 636. The van der Waals surface area contributed by atoms with Gasteiger partial charge in [-0.3, -0.25) is 10.2 Å². The molecule has 0 aliphatic rings. The molecule has 1 aromatic heterocycles. The molecule has 2 N–H and O–H groups in total. The normalized spacial score (nSPS) is 10.8. The summed E-state index contributed by atoms with van der Waals surface area (Å²) in [4.78, 5) is 11.3. The molecule has 0 aliphatic heterocycles. The molecule has 2 aromatic rings. The second kappa shape index (κ2) is 5.59. The summed E-state index contributed by atoms with van der Waals surface area (Å²) in [6.45, 7) is 2.02. The summed E-state index contributed by atoms with van der Waals surface area (Å²) in [5.41, 5.74) is 5.13. The number of halogens is 1. The number of hydrogen-bond acceptors (Lipinski definition) is 4. The van der Waals surface area contributed by atoms with Crippen LogP contribution in [0.1, 0.15) is 11.1 Å². The zero-order valence-corrected chi connectivity index (χ0v) is 11.2. The number of nitrogens with one attached hydrogen (secondary N) is 2. The Morgan fingerprint density at radius 1 is 1.50 bits per heavy atom. The molecular formula is C12H11BrN4O. The van der Waals surface area contributed by atoms with Gasteiger partial charge in [0.1, 0.15) is 4.47 Å². The average Bonchev–Trinajstić information content (AvgIpc) is 2.35. The van der Waals surface area contributed by atoms with Crippen LogP contribution in [0.3, 0.4) is 0 Å². The van der Waals surface area contributed by atoms with Crippen LogP contribution in [0, 0.1) is 6.92 Å². The first-order chi connectivity index (χ1) is 8.66. The molecule has 0 unspecified atom stereocenters. The summed E-state index contributed by atoms with van der Waals surface area (Å²) < 4.78 is 0.374. The fourth-order valence-electron chi connectivity index (χ4n) is 1.39. The molecule has 6 heteroatoms. The third kappa shape index (κ3) is 3.04. The minimum absolute atomic E-state index is 0.300. The van der Waals surface area contributed by atoms with Crippen molar-refractivity contribution in [3.8, 4) is 0 Å².